The molecule has 3 aromatic rings. The Morgan fingerprint density at radius 1 is 0.941 bits per heavy atom. The summed E-state index contributed by atoms with van der Waals surface area (Å²) in [6.45, 7) is 0.625. The van der Waals surface area contributed by atoms with Crippen LogP contribution in [0.15, 0.2) is 90.1 Å². The van der Waals surface area contributed by atoms with E-state index in [4.69, 9.17) is 24.7 Å². The first kappa shape index (κ1) is 24.1. The van der Waals surface area contributed by atoms with E-state index >= 15 is 0 Å². The van der Waals surface area contributed by atoms with Gasteiger partial charge in [-0.05, 0) is 41.0 Å². The molecule has 0 heterocycles. The number of ether oxygens (including phenoxy) is 2. The Bertz CT molecular complexity index is 1180. The fraction of sp³-hybridized carbons (Fsp3) is 0.148. The van der Waals surface area contributed by atoms with Crippen molar-refractivity contribution in [3.63, 3.8) is 0 Å². The minimum atomic E-state index is -0.989. The summed E-state index contributed by atoms with van der Waals surface area (Å²) >= 11 is 0. The van der Waals surface area contributed by atoms with Crippen LogP contribution >= 0.6 is 0 Å². The van der Waals surface area contributed by atoms with Gasteiger partial charge in [0, 0.05) is 11.6 Å². The molecule has 3 rings (SSSR count). The second-order valence-corrected chi connectivity index (χ2v) is 7.20. The van der Waals surface area contributed by atoms with Crippen LogP contribution in [0.1, 0.15) is 23.1 Å². The summed E-state index contributed by atoms with van der Waals surface area (Å²) in [5.41, 5.74) is 3.70. The van der Waals surface area contributed by atoms with Crippen LogP contribution in [0.4, 0.5) is 0 Å². The number of aliphatic carboxylic acids is 1. The van der Waals surface area contributed by atoms with E-state index < -0.39 is 5.97 Å². The van der Waals surface area contributed by atoms with Crippen LogP contribution < -0.4 is 9.47 Å². The zero-order valence-corrected chi connectivity index (χ0v) is 18.7. The molecule has 0 bridgehead atoms. The van der Waals surface area contributed by atoms with Crippen LogP contribution in [0.25, 0.3) is 5.57 Å². The molecule has 0 amide bonds. The third kappa shape index (κ3) is 7.24. The van der Waals surface area contributed by atoms with Gasteiger partial charge in [-0.3, -0.25) is 4.79 Å². The molecule has 0 fully saturated rings. The smallest absolute Gasteiger partial charge is 0.307 e. The molecule has 0 unspecified atom stereocenters. The van der Waals surface area contributed by atoms with Gasteiger partial charge in [-0.25, -0.2) is 0 Å². The highest BCUT2D eigenvalue weighted by Gasteiger charge is 2.08. The van der Waals surface area contributed by atoms with E-state index in [2.05, 4.69) is 5.16 Å². The molecule has 0 saturated carbocycles. The number of carbonyl (C=O) groups is 1. The molecule has 7 nitrogen and oxygen atoms in total. The lowest BCUT2D eigenvalue weighted by Crippen LogP contribution is -2.13. The lowest BCUT2D eigenvalue weighted by Gasteiger charge is -2.11. The summed E-state index contributed by atoms with van der Waals surface area (Å²) in [7, 11) is 1.50. The number of hydrogen-bond acceptors (Lipinski definition) is 6. The second-order valence-electron chi connectivity index (χ2n) is 7.20. The van der Waals surface area contributed by atoms with Crippen molar-refractivity contribution in [1.29, 1.82) is 5.26 Å². The van der Waals surface area contributed by atoms with E-state index in [1.165, 1.54) is 13.2 Å². The fourth-order valence-corrected chi connectivity index (χ4v) is 3.15. The average Bonchev–Trinajstić information content (AvgIpc) is 2.86. The van der Waals surface area contributed by atoms with Gasteiger partial charge >= 0.3 is 5.97 Å². The number of carboxylic acids is 1. The normalized spacial score (nSPS) is 11.4. The van der Waals surface area contributed by atoms with Crippen molar-refractivity contribution in [3.8, 4) is 17.6 Å². The number of nitrogens with zero attached hydrogens (tertiary/aromatic N) is 2. The lowest BCUT2D eigenvalue weighted by atomic mass is 10.0. The van der Waals surface area contributed by atoms with Gasteiger partial charge in [-0.1, -0.05) is 59.8 Å². The molecule has 0 aliphatic heterocycles. The van der Waals surface area contributed by atoms with Gasteiger partial charge in [0.1, 0.15) is 37.5 Å². The predicted octanol–water partition coefficient (Wildman–Crippen LogP) is 5.08. The standard InChI is InChI=1S/C27H24N2O5/c1-32-29-26(22-5-3-2-4-6-22)19-34-24-11-7-20(8-12-24)18-33-25-13-9-21(10-14-25)23(15-16-28)17-27(30)31/h2-15H,17-19H2,1H3,(H,30,31)/b23-15+,29-26-. The molecule has 0 spiro atoms. The summed E-state index contributed by atoms with van der Waals surface area (Å²) < 4.78 is 11.7. The molecular weight excluding hydrogens is 432 g/mol. The van der Waals surface area contributed by atoms with Gasteiger partial charge in [0.25, 0.3) is 0 Å². The van der Waals surface area contributed by atoms with E-state index in [0.717, 1.165) is 11.1 Å². The lowest BCUT2D eigenvalue weighted by molar-refractivity contribution is -0.135. The average molecular weight is 456 g/mol. The Kier molecular flexibility index (Phi) is 8.83. The quantitative estimate of drug-likeness (QED) is 0.245. The largest absolute Gasteiger partial charge is 0.489 e. The maximum absolute atomic E-state index is 11.0. The first-order valence-corrected chi connectivity index (χ1v) is 10.5. The highest BCUT2D eigenvalue weighted by molar-refractivity contribution is 6.01. The molecule has 34 heavy (non-hydrogen) atoms. The first-order chi connectivity index (χ1) is 16.6. The third-order valence-electron chi connectivity index (χ3n) is 4.82. The fourth-order valence-electron chi connectivity index (χ4n) is 3.15. The monoisotopic (exact) mass is 456 g/mol. The molecule has 3 aromatic carbocycles. The summed E-state index contributed by atoms with van der Waals surface area (Å²) in [5, 5.41) is 21.9. The van der Waals surface area contributed by atoms with Gasteiger partial charge in [0.2, 0.25) is 0 Å². The van der Waals surface area contributed by atoms with Gasteiger partial charge in [-0.15, -0.1) is 0 Å². The van der Waals surface area contributed by atoms with E-state index in [1.54, 1.807) is 24.3 Å². The Morgan fingerprint density at radius 2 is 1.59 bits per heavy atom. The number of allylic oxidation sites excluding steroid dienone is 1. The predicted molar refractivity (Wildman–Crippen MR) is 129 cm³/mol. The molecule has 0 aliphatic rings. The zero-order valence-electron chi connectivity index (χ0n) is 18.7. The van der Waals surface area contributed by atoms with Crippen molar-refractivity contribution in [3.05, 3.63) is 102 Å². The summed E-state index contributed by atoms with van der Waals surface area (Å²) in [6.07, 6.45) is 1.03. The van der Waals surface area contributed by atoms with Gasteiger partial charge in [0.05, 0.1) is 12.5 Å². The van der Waals surface area contributed by atoms with Crippen LogP contribution in [0, 0.1) is 11.3 Å². The summed E-state index contributed by atoms with van der Waals surface area (Å²) in [5.74, 6) is 0.346. The van der Waals surface area contributed by atoms with E-state index in [9.17, 15) is 4.79 Å². The van der Waals surface area contributed by atoms with Crippen LogP contribution in [0.5, 0.6) is 11.5 Å². The molecule has 172 valence electrons. The maximum atomic E-state index is 11.0. The van der Waals surface area contributed by atoms with Crippen molar-refractivity contribution in [1.82, 2.24) is 0 Å². The molecule has 0 saturated heterocycles. The Balaban J connectivity index is 1.55. The van der Waals surface area contributed by atoms with Crippen molar-refractivity contribution in [2.75, 3.05) is 13.7 Å². The molecular formula is C27H24N2O5. The van der Waals surface area contributed by atoms with Gasteiger partial charge in [-0.2, -0.15) is 5.26 Å². The molecule has 0 aromatic heterocycles. The Labute approximate surface area is 198 Å². The highest BCUT2D eigenvalue weighted by atomic mass is 16.6. The molecule has 0 radical (unpaired) electrons. The van der Waals surface area contributed by atoms with E-state index in [-0.39, 0.29) is 13.0 Å². The van der Waals surface area contributed by atoms with E-state index in [1.807, 2.05) is 60.7 Å². The molecule has 7 heteroatoms. The zero-order chi connectivity index (χ0) is 24.2. The number of nitriles is 1. The number of hydrogen-bond donors (Lipinski definition) is 1. The number of oxime groups is 1. The van der Waals surface area contributed by atoms with Crippen LogP contribution in [0.3, 0.4) is 0 Å². The minimum absolute atomic E-state index is 0.216. The Morgan fingerprint density at radius 3 is 2.21 bits per heavy atom. The summed E-state index contributed by atoms with van der Waals surface area (Å²) in [6, 6.07) is 26.1. The molecule has 0 aliphatic carbocycles. The van der Waals surface area contributed by atoms with Crippen LogP contribution in [-0.4, -0.2) is 30.5 Å². The van der Waals surface area contributed by atoms with Crippen molar-refractivity contribution < 1.29 is 24.2 Å². The number of carboxylic acid groups (broad SMARTS) is 1. The Hall–Kier alpha value is -4.57. The second kappa shape index (κ2) is 12.5. The van der Waals surface area contributed by atoms with Gasteiger partial charge < -0.3 is 19.4 Å². The van der Waals surface area contributed by atoms with E-state index in [0.29, 0.717) is 35.0 Å². The topological polar surface area (TPSA) is 101 Å². The minimum Gasteiger partial charge on any atom is -0.489 e. The van der Waals surface area contributed by atoms with Crippen molar-refractivity contribution in [2.45, 2.75) is 13.0 Å². The van der Waals surface area contributed by atoms with Crippen molar-refractivity contribution in [2.24, 2.45) is 5.16 Å². The van der Waals surface area contributed by atoms with Crippen LogP contribution in [-0.2, 0) is 16.2 Å². The molecule has 1 N–H and O–H groups in total. The van der Waals surface area contributed by atoms with Crippen LogP contribution in [0.2, 0.25) is 0 Å². The number of benzene rings is 3. The molecule has 0 atom stereocenters. The maximum Gasteiger partial charge on any atom is 0.307 e. The third-order valence-corrected chi connectivity index (χ3v) is 4.82. The highest BCUT2D eigenvalue weighted by Crippen LogP contribution is 2.22. The first-order valence-electron chi connectivity index (χ1n) is 10.5. The number of rotatable bonds is 11. The SMILES string of the molecule is CO/N=C(/COc1ccc(COc2ccc(/C(=C/C#N)CC(=O)O)cc2)cc1)c1ccccc1. The van der Waals surface area contributed by atoms with Gasteiger partial charge in [0.15, 0.2) is 0 Å². The summed E-state index contributed by atoms with van der Waals surface area (Å²) in [4.78, 5) is 15.9. The van der Waals surface area contributed by atoms with Crippen molar-refractivity contribution >= 4 is 17.3 Å².